The van der Waals surface area contributed by atoms with Crippen molar-refractivity contribution in [3.8, 4) is 5.75 Å². The number of aromatic nitrogens is 3. The van der Waals surface area contributed by atoms with Gasteiger partial charge in [-0.1, -0.05) is 12.1 Å². The molecule has 0 saturated carbocycles. The number of rotatable bonds is 8. The fourth-order valence-corrected chi connectivity index (χ4v) is 1.74. The molecule has 1 heterocycles. The van der Waals surface area contributed by atoms with Crippen molar-refractivity contribution in [2.24, 2.45) is 0 Å². The summed E-state index contributed by atoms with van der Waals surface area (Å²) in [7, 11) is 3.30. The van der Waals surface area contributed by atoms with Crippen LogP contribution in [0.4, 0.5) is 17.5 Å². The first-order chi connectivity index (χ1) is 10.3. The molecule has 0 aliphatic carbocycles. The minimum absolute atomic E-state index is 0.413. The van der Waals surface area contributed by atoms with E-state index >= 15 is 0 Å². The number of hydrogen-bond donors (Lipinski definition) is 2. The number of methoxy groups -OCH3 is 2. The van der Waals surface area contributed by atoms with Gasteiger partial charge in [0.25, 0.3) is 0 Å². The molecule has 2 N–H and O–H groups in total. The van der Waals surface area contributed by atoms with Crippen molar-refractivity contribution in [1.82, 2.24) is 15.2 Å². The Kier molecular flexibility index (Phi) is 5.71. The summed E-state index contributed by atoms with van der Waals surface area (Å²) in [6, 6.07) is 7.56. The predicted octanol–water partition coefficient (Wildman–Crippen LogP) is 2.07. The van der Waals surface area contributed by atoms with Crippen LogP contribution < -0.4 is 15.4 Å². The summed E-state index contributed by atoms with van der Waals surface area (Å²) in [5.41, 5.74) is 0.790. The van der Waals surface area contributed by atoms with Crippen molar-refractivity contribution in [3.05, 3.63) is 30.5 Å². The highest BCUT2D eigenvalue weighted by Gasteiger charge is 2.05. The zero-order valence-corrected chi connectivity index (χ0v) is 12.2. The number of hydrogen-bond acceptors (Lipinski definition) is 7. The molecule has 21 heavy (non-hydrogen) atoms. The van der Waals surface area contributed by atoms with E-state index in [1.54, 1.807) is 20.4 Å². The summed E-state index contributed by atoms with van der Waals surface area (Å²) < 4.78 is 10.3. The summed E-state index contributed by atoms with van der Waals surface area (Å²) in [6.07, 6.45) is 2.48. The molecule has 0 saturated heterocycles. The van der Waals surface area contributed by atoms with Gasteiger partial charge >= 0.3 is 0 Å². The molecular formula is C14H19N5O2. The maximum Gasteiger partial charge on any atom is 0.249 e. The molecule has 0 amide bonds. The molecule has 0 spiro atoms. The summed E-state index contributed by atoms with van der Waals surface area (Å²) in [5.74, 6) is 1.80. The Bertz CT molecular complexity index is 565. The van der Waals surface area contributed by atoms with Crippen molar-refractivity contribution in [2.45, 2.75) is 6.42 Å². The summed E-state index contributed by atoms with van der Waals surface area (Å²) >= 11 is 0. The monoisotopic (exact) mass is 289 g/mol. The third-order valence-corrected chi connectivity index (χ3v) is 2.74. The molecule has 1 aromatic heterocycles. The van der Waals surface area contributed by atoms with Crippen molar-refractivity contribution < 1.29 is 9.47 Å². The minimum Gasteiger partial charge on any atom is -0.495 e. The van der Waals surface area contributed by atoms with Crippen LogP contribution in [0.2, 0.25) is 0 Å². The van der Waals surface area contributed by atoms with Crippen LogP contribution in [0.25, 0.3) is 0 Å². The van der Waals surface area contributed by atoms with Crippen LogP contribution in [0.1, 0.15) is 6.42 Å². The predicted molar refractivity (Wildman–Crippen MR) is 81.1 cm³/mol. The molecule has 0 radical (unpaired) electrons. The third-order valence-electron chi connectivity index (χ3n) is 2.74. The van der Waals surface area contributed by atoms with Crippen molar-refractivity contribution in [1.29, 1.82) is 0 Å². The second kappa shape index (κ2) is 8.01. The van der Waals surface area contributed by atoms with Crippen LogP contribution in [0.15, 0.2) is 30.5 Å². The number of nitrogens with zero attached hydrogens (tertiary/aromatic N) is 3. The van der Waals surface area contributed by atoms with E-state index in [1.807, 2.05) is 24.3 Å². The van der Waals surface area contributed by atoms with Gasteiger partial charge in [0.05, 0.1) is 19.0 Å². The Balaban J connectivity index is 2.00. The van der Waals surface area contributed by atoms with Gasteiger partial charge in [0, 0.05) is 20.3 Å². The SMILES string of the molecule is COCCCNc1cnnc(Nc2ccccc2OC)n1. The van der Waals surface area contributed by atoms with Crippen molar-refractivity contribution >= 4 is 17.5 Å². The number of anilines is 3. The maximum absolute atomic E-state index is 5.27. The third kappa shape index (κ3) is 4.57. The van der Waals surface area contributed by atoms with E-state index in [9.17, 15) is 0 Å². The number of benzene rings is 1. The topological polar surface area (TPSA) is 81.2 Å². The highest BCUT2D eigenvalue weighted by Crippen LogP contribution is 2.25. The number of ether oxygens (including phenoxy) is 2. The molecule has 2 rings (SSSR count). The Morgan fingerprint density at radius 3 is 2.86 bits per heavy atom. The summed E-state index contributed by atoms with van der Waals surface area (Å²) in [5, 5.41) is 14.1. The Hall–Kier alpha value is -2.41. The van der Waals surface area contributed by atoms with E-state index < -0.39 is 0 Å². The van der Waals surface area contributed by atoms with Crippen LogP contribution in [-0.4, -0.2) is 42.6 Å². The zero-order valence-electron chi connectivity index (χ0n) is 12.2. The van der Waals surface area contributed by atoms with Crippen molar-refractivity contribution in [3.63, 3.8) is 0 Å². The van der Waals surface area contributed by atoms with E-state index in [2.05, 4.69) is 25.8 Å². The first kappa shape index (κ1) is 15.0. The average Bonchev–Trinajstić information content (AvgIpc) is 2.52. The second-order valence-electron chi connectivity index (χ2n) is 4.26. The minimum atomic E-state index is 0.413. The molecule has 112 valence electrons. The molecule has 0 bridgehead atoms. The normalized spacial score (nSPS) is 10.2. The van der Waals surface area contributed by atoms with Crippen LogP contribution in [-0.2, 0) is 4.74 Å². The average molecular weight is 289 g/mol. The van der Waals surface area contributed by atoms with Crippen molar-refractivity contribution in [2.75, 3.05) is 38.0 Å². The van der Waals surface area contributed by atoms with Gasteiger partial charge in [0.2, 0.25) is 5.95 Å². The number of nitrogens with one attached hydrogen (secondary N) is 2. The lowest BCUT2D eigenvalue weighted by Gasteiger charge is -2.10. The summed E-state index contributed by atoms with van der Waals surface area (Å²) in [6.45, 7) is 1.47. The Morgan fingerprint density at radius 2 is 2.05 bits per heavy atom. The lowest BCUT2D eigenvalue weighted by Crippen LogP contribution is -2.08. The van der Waals surface area contributed by atoms with Gasteiger partial charge in [0.15, 0.2) is 5.82 Å². The first-order valence-corrected chi connectivity index (χ1v) is 6.66. The zero-order chi connectivity index (χ0) is 14.9. The number of para-hydroxylation sites is 2. The van der Waals surface area contributed by atoms with E-state index in [1.165, 1.54) is 0 Å². The van der Waals surface area contributed by atoms with E-state index in [0.717, 1.165) is 24.4 Å². The fraction of sp³-hybridized carbons (Fsp3) is 0.357. The Labute approximate surface area is 123 Å². The molecule has 2 aromatic rings. The standard InChI is InChI=1S/C14H19N5O2/c1-20-9-5-8-15-13-10-16-19-14(18-13)17-11-6-3-4-7-12(11)21-2/h3-4,6-7,10H,5,8-9H2,1-2H3,(H2,15,17,18,19). The molecule has 0 unspecified atom stereocenters. The molecule has 7 heteroatoms. The summed E-state index contributed by atoms with van der Waals surface area (Å²) in [4.78, 5) is 4.35. The van der Waals surface area contributed by atoms with E-state index in [4.69, 9.17) is 9.47 Å². The van der Waals surface area contributed by atoms with Gasteiger partial charge in [-0.2, -0.15) is 10.1 Å². The molecule has 0 aliphatic rings. The van der Waals surface area contributed by atoms with Crippen LogP contribution in [0.5, 0.6) is 5.75 Å². The van der Waals surface area contributed by atoms with Gasteiger partial charge in [-0.25, -0.2) is 0 Å². The smallest absolute Gasteiger partial charge is 0.249 e. The molecule has 7 nitrogen and oxygen atoms in total. The molecule has 0 atom stereocenters. The quantitative estimate of drug-likeness (QED) is 0.720. The molecule has 0 aliphatic heterocycles. The molecule has 1 aromatic carbocycles. The fourth-order valence-electron chi connectivity index (χ4n) is 1.74. The lowest BCUT2D eigenvalue weighted by molar-refractivity contribution is 0.197. The highest BCUT2D eigenvalue weighted by molar-refractivity contribution is 5.62. The van der Waals surface area contributed by atoms with Crippen LogP contribution >= 0.6 is 0 Å². The van der Waals surface area contributed by atoms with Crippen LogP contribution in [0, 0.1) is 0 Å². The lowest BCUT2D eigenvalue weighted by atomic mass is 10.3. The Morgan fingerprint density at radius 1 is 1.19 bits per heavy atom. The highest BCUT2D eigenvalue weighted by atomic mass is 16.5. The maximum atomic E-state index is 5.27. The van der Waals surface area contributed by atoms with Gasteiger partial charge in [-0.05, 0) is 18.6 Å². The van der Waals surface area contributed by atoms with Gasteiger partial charge in [-0.15, -0.1) is 5.10 Å². The van der Waals surface area contributed by atoms with E-state index in [-0.39, 0.29) is 0 Å². The van der Waals surface area contributed by atoms with Gasteiger partial charge < -0.3 is 20.1 Å². The van der Waals surface area contributed by atoms with Gasteiger partial charge in [0.1, 0.15) is 5.75 Å². The second-order valence-corrected chi connectivity index (χ2v) is 4.26. The first-order valence-electron chi connectivity index (χ1n) is 6.66. The molecule has 0 fully saturated rings. The van der Waals surface area contributed by atoms with E-state index in [0.29, 0.717) is 18.4 Å². The largest absolute Gasteiger partial charge is 0.495 e. The van der Waals surface area contributed by atoms with Gasteiger partial charge in [-0.3, -0.25) is 0 Å². The van der Waals surface area contributed by atoms with Crippen LogP contribution in [0.3, 0.4) is 0 Å². The molecular weight excluding hydrogens is 270 g/mol.